The van der Waals surface area contributed by atoms with Crippen molar-refractivity contribution in [2.45, 2.75) is 0 Å². The molecule has 3 radical (unpaired) electrons. The molecule has 0 heterocycles. The molecule has 0 saturated carbocycles. The molecule has 33 valence electrons. The van der Waals surface area contributed by atoms with E-state index < -0.39 is 0 Å². The van der Waals surface area contributed by atoms with Crippen LogP contribution in [0.4, 0.5) is 4.70 Å². The number of halogens is 2. The molecule has 0 unspecified atom stereocenters. The average molecular weight is 191 g/mol. The van der Waals surface area contributed by atoms with Crippen molar-refractivity contribution in [1.29, 1.82) is 0 Å². The van der Waals surface area contributed by atoms with Crippen LogP contribution in [-0.2, 0) is 3.08 Å². The normalized spacial score (nSPS) is 0.800. The van der Waals surface area contributed by atoms with E-state index in [0.717, 1.165) is 0 Å². The van der Waals surface area contributed by atoms with Gasteiger partial charge in [-0.15, -0.1) is 0 Å². The predicted molar refractivity (Wildman–Crippen MR) is 13.5 cm³/mol. The second-order valence-electron chi connectivity index (χ2n) is 0. The molecule has 0 aromatic rings. The third-order valence-corrected chi connectivity index (χ3v) is 0. The van der Waals surface area contributed by atoms with Crippen molar-refractivity contribution in [2.75, 3.05) is 0 Å². The summed E-state index contributed by atoms with van der Waals surface area (Å²) in [5.74, 6) is 0. The zero-order chi connectivity index (χ0) is 2.00. The first kappa shape index (κ1) is 52.6. The monoisotopic (exact) mass is 192 g/mol. The Kier molecular flexibility index (Phi) is 3100. The molecule has 0 aliphatic carbocycles. The van der Waals surface area contributed by atoms with Gasteiger partial charge in [0.05, 0.1) is 0 Å². The second kappa shape index (κ2) is 295. The zero-order valence-electron chi connectivity index (χ0n) is 2.66. The van der Waals surface area contributed by atoms with E-state index in [1.54, 1.807) is 0 Å². The van der Waals surface area contributed by atoms with Crippen LogP contribution in [0.1, 0.15) is 0 Å². The third kappa shape index (κ3) is 147. The van der Waals surface area contributed by atoms with E-state index in [-0.39, 0.29) is 15.6 Å². The number of quaternary nitrogens is 1. The van der Waals surface area contributed by atoms with Crippen LogP contribution < -0.4 is 10.9 Å². The molecule has 0 aromatic heterocycles. The van der Waals surface area contributed by atoms with Crippen molar-refractivity contribution in [3.8, 4) is 0 Å². The standard InChI is InChI=1S/FH.F.H3N.O.Sn/h1H;;1H3;;. The predicted octanol–water partition coefficient (Wildman–Crippen LogP) is -2.70. The Morgan fingerprint density at radius 1 is 1.20 bits per heavy atom. The SMILES string of the molecule is [F-].[F].[NH4+].[O]=[Sn]. The van der Waals surface area contributed by atoms with Gasteiger partial charge in [0.15, 0.2) is 0 Å². The van der Waals surface area contributed by atoms with E-state index >= 15 is 0 Å². The van der Waals surface area contributed by atoms with Crippen LogP contribution in [0.3, 0.4) is 0 Å². The summed E-state index contributed by atoms with van der Waals surface area (Å²) in [5, 5.41) is 0. The van der Waals surface area contributed by atoms with Crippen LogP contribution in [0.15, 0.2) is 0 Å². The maximum atomic E-state index is 8.34. The fourth-order valence-electron chi connectivity index (χ4n) is 0. The molecule has 0 fully saturated rings. The Morgan fingerprint density at radius 2 is 1.20 bits per heavy atom. The van der Waals surface area contributed by atoms with E-state index in [9.17, 15) is 0 Å². The van der Waals surface area contributed by atoms with Crippen molar-refractivity contribution >= 4 is 22.5 Å². The fourth-order valence-corrected chi connectivity index (χ4v) is 0. The fraction of sp³-hybridized carbons (Fsp3) is 0. The zero-order valence-corrected chi connectivity index (χ0v) is 5.52. The first-order valence-electron chi connectivity index (χ1n) is 0.204. The van der Waals surface area contributed by atoms with Crippen molar-refractivity contribution in [1.82, 2.24) is 6.15 Å². The van der Waals surface area contributed by atoms with E-state index in [1.165, 1.54) is 0 Å². The molecular formula is H4F2NOSn. The summed E-state index contributed by atoms with van der Waals surface area (Å²) < 4.78 is 8.34. The number of rotatable bonds is 0. The molecule has 0 aliphatic heterocycles. The number of hydrogen-bond donors (Lipinski definition) is 1. The summed E-state index contributed by atoms with van der Waals surface area (Å²) in [7, 11) is 0. The molecule has 4 N–H and O–H groups in total. The van der Waals surface area contributed by atoms with E-state index in [2.05, 4.69) is 0 Å². The summed E-state index contributed by atoms with van der Waals surface area (Å²) in [6, 6.07) is 0. The van der Waals surface area contributed by atoms with Gasteiger partial charge in [-0.3, -0.25) is 0 Å². The van der Waals surface area contributed by atoms with Gasteiger partial charge in [-0.1, -0.05) is 0 Å². The summed E-state index contributed by atoms with van der Waals surface area (Å²) >= 11 is 0.300. The van der Waals surface area contributed by atoms with E-state index in [1.807, 2.05) is 0 Å². The first-order valence-corrected chi connectivity index (χ1v) is 1.37. The molecule has 0 aliphatic rings. The summed E-state index contributed by atoms with van der Waals surface area (Å²) in [4.78, 5) is 0. The van der Waals surface area contributed by atoms with Gasteiger partial charge in [-0.25, -0.2) is 0 Å². The van der Waals surface area contributed by atoms with Gasteiger partial charge in [0, 0.05) is 4.70 Å². The molecule has 0 saturated heterocycles. The first-order chi connectivity index (χ1) is 1.00. The van der Waals surface area contributed by atoms with Gasteiger partial charge in [-0.05, 0) is 0 Å². The van der Waals surface area contributed by atoms with Crippen LogP contribution in [0.2, 0.25) is 0 Å². The van der Waals surface area contributed by atoms with Crippen molar-refractivity contribution in [2.24, 2.45) is 0 Å². The molecule has 5 heavy (non-hydrogen) atoms. The third-order valence-electron chi connectivity index (χ3n) is 0. The van der Waals surface area contributed by atoms with Crippen LogP contribution in [0.25, 0.3) is 0 Å². The Hall–Kier alpha value is 0.419. The summed E-state index contributed by atoms with van der Waals surface area (Å²) in [6.45, 7) is 0. The number of hydrogen-bond acceptors (Lipinski definition) is 1. The molecule has 0 aromatic carbocycles. The quantitative estimate of drug-likeness (QED) is 0.416. The van der Waals surface area contributed by atoms with Crippen LogP contribution in [-0.4, -0.2) is 22.5 Å². The van der Waals surface area contributed by atoms with Crippen molar-refractivity contribution in [3.05, 3.63) is 0 Å². The minimum atomic E-state index is 0. The topological polar surface area (TPSA) is 53.6 Å². The minimum absolute atomic E-state index is 0. The Morgan fingerprint density at radius 3 is 1.20 bits per heavy atom. The molecule has 0 amide bonds. The Balaban J connectivity index is -0.00000000167. The average Bonchev–Trinajstić information content (AvgIpc) is 1.00. The van der Waals surface area contributed by atoms with Gasteiger partial charge in [0.2, 0.25) is 0 Å². The summed E-state index contributed by atoms with van der Waals surface area (Å²) in [6.07, 6.45) is 0. The van der Waals surface area contributed by atoms with Crippen LogP contribution >= 0.6 is 0 Å². The van der Waals surface area contributed by atoms with Crippen molar-refractivity contribution < 1.29 is 12.5 Å². The second-order valence-corrected chi connectivity index (χ2v) is 0. The van der Waals surface area contributed by atoms with Gasteiger partial charge in [0.1, 0.15) is 0 Å². The van der Waals surface area contributed by atoms with E-state index in [4.69, 9.17) is 3.08 Å². The molecule has 0 bridgehead atoms. The Labute approximate surface area is 41.7 Å². The Bertz CT molecular complexity index is 9.61. The molecule has 0 atom stereocenters. The molecule has 2 nitrogen and oxygen atoms in total. The molecule has 0 rings (SSSR count). The maximum absolute atomic E-state index is 8.34. The summed E-state index contributed by atoms with van der Waals surface area (Å²) in [5.41, 5.74) is 0. The van der Waals surface area contributed by atoms with Gasteiger partial charge in [-0.2, -0.15) is 0 Å². The molecule has 0 spiro atoms. The molecule has 5 heteroatoms. The van der Waals surface area contributed by atoms with Crippen molar-refractivity contribution in [3.63, 3.8) is 0 Å². The van der Waals surface area contributed by atoms with Gasteiger partial charge >= 0.3 is 25.6 Å². The van der Waals surface area contributed by atoms with E-state index in [0.29, 0.717) is 22.5 Å². The molecular weight excluding hydrogens is 187 g/mol. The van der Waals surface area contributed by atoms with Gasteiger partial charge in [0.25, 0.3) is 0 Å². The van der Waals surface area contributed by atoms with Crippen LogP contribution in [0.5, 0.6) is 0 Å². The van der Waals surface area contributed by atoms with Crippen LogP contribution in [0, 0.1) is 0 Å². The van der Waals surface area contributed by atoms with Gasteiger partial charge < -0.3 is 10.9 Å².